The first-order valence-corrected chi connectivity index (χ1v) is 5.45. The number of hydrogen-bond donors (Lipinski definition) is 1. The normalized spacial score (nSPS) is 28.1. The monoisotopic (exact) mass is 194 g/mol. The molecule has 0 radical (unpaired) electrons. The minimum atomic E-state index is 0.246. The van der Waals surface area contributed by atoms with Gasteiger partial charge in [0.15, 0.2) is 0 Å². The molecule has 0 amide bonds. The van der Waals surface area contributed by atoms with Crippen LogP contribution in [0.1, 0.15) is 34.1 Å². The third-order valence-electron chi connectivity index (χ3n) is 3.58. The van der Waals surface area contributed by atoms with Crippen molar-refractivity contribution in [3.05, 3.63) is 23.8 Å². The molecule has 0 aromatic heterocycles. The first-order valence-electron chi connectivity index (χ1n) is 5.45. The molecule has 80 valence electrons. The van der Waals surface area contributed by atoms with Gasteiger partial charge in [0, 0.05) is 6.61 Å². The quantitative estimate of drug-likeness (QED) is 0.684. The van der Waals surface area contributed by atoms with E-state index >= 15 is 0 Å². The van der Waals surface area contributed by atoms with E-state index in [1.807, 2.05) is 6.92 Å². The second-order valence-electron chi connectivity index (χ2n) is 5.00. The molecule has 0 aromatic rings. The zero-order chi connectivity index (χ0) is 10.8. The third kappa shape index (κ3) is 2.27. The van der Waals surface area contributed by atoms with Gasteiger partial charge in [0.05, 0.1) is 0 Å². The zero-order valence-electron chi connectivity index (χ0n) is 9.75. The lowest BCUT2D eigenvalue weighted by molar-refractivity contribution is 0.260. The molecule has 0 saturated carbocycles. The highest BCUT2D eigenvalue weighted by molar-refractivity contribution is 5.22. The number of aliphatic hydroxyl groups excluding tert-OH is 1. The molecule has 0 heterocycles. The van der Waals surface area contributed by atoms with Crippen LogP contribution in [-0.4, -0.2) is 11.7 Å². The first kappa shape index (κ1) is 11.5. The lowest BCUT2D eigenvalue weighted by Gasteiger charge is -2.27. The maximum atomic E-state index is 8.93. The summed E-state index contributed by atoms with van der Waals surface area (Å²) in [7, 11) is 0. The fraction of sp³-hybridized carbons (Fsp3) is 0.692. The molecule has 0 bridgehead atoms. The fourth-order valence-corrected chi connectivity index (χ4v) is 1.86. The number of rotatable bonds is 3. The van der Waals surface area contributed by atoms with E-state index < -0.39 is 0 Å². The molecular weight excluding hydrogens is 172 g/mol. The average molecular weight is 194 g/mol. The van der Waals surface area contributed by atoms with E-state index in [9.17, 15) is 0 Å². The van der Waals surface area contributed by atoms with E-state index in [1.165, 1.54) is 5.57 Å². The molecule has 2 atom stereocenters. The fourth-order valence-electron chi connectivity index (χ4n) is 1.86. The number of allylic oxidation sites excluding steroid dienone is 3. The van der Waals surface area contributed by atoms with Gasteiger partial charge in [0.25, 0.3) is 0 Å². The molecule has 1 aliphatic carbocycles. The first-order chi connectivity index (χ1) is 6.48. The highest BCUT2D eigenvalue weighted by Gasteiger charge is 2.32. The highest BCUT2D eigenvalue weighted by atomic mass is 16.3. The van der Waals surface area contributed by atoms with E-state index in [4.69, 9.17) is 5.11 Å². The molecular formula is C13H22O. The zero-order valence-corrected chi connectivity index (χ0v) is 9.75. The standard InChI is InChI=1S/C13H22O/c1-10(9-14)5-7-12-8-6-11(2)13(12,3)4/h5-7,10,12,14H,8-9H2,1-4H3. The van der Waals surface area contributed by atoms with Gasteiger partial charge in [-0.25, -0.2) is 0 Å². The molecule has 0 aliphatic heterocycles. The summed E-state index contributed by atoms with van der Waals surface area (Å²) in [6, 6.07) is 0. The van der Waals surface area contributed by atoms with E-state index in [2.05, 4.69) is 39.0 Å². The van der Waals surface area contributed by atoms with Crippen molar-refractivity contribution in [1.82, 2.24) is 0 Å². The summed E-state index contributed by atoms with van der Waals surface area (Å²) < 4.78 is 0. The Hall–Kier alpha value is -0.560. The predicted octanol–water partition coefficient (Wildman–Crippen LogP) is 3.16. The number of hydrogen-bond acceptors (Lipinski definition) is 1. The van der Waals surface area contributed by atoms with Gasteiger partial charge < -0.3 is 5.11 Å². The van der Waals surface area contributed by atoms with Crippen molar-refractivity contribution in [3.63, 3.8) is 0 Å². The second kappa shape index (κ2) is 4.31. The van der Waals surface area contributed by atoms with Crippen molar-refractivity contribution in [2.75, 3.05) is 6.61 Å². The van der Waals surface area contributed by atoms with Crippen LogP contribution < -0.4 is 0 Å². The van der Waals surface area contributed by atoms with Crippen molar-refractivity contribution < 1.29 is 5.11 Å². The molecule has 1 nitrogen and oxygen atoms in total. The van der Waals surface area contributed by atoms with Gasteiger partial charge in [-0.15, -0.1) is 0 Å². The Balaban J connectivity index is 2.61. The molecule has 1 N–H and O–H groups in total. The molecule has 0 spiro atoms. The molecule has 1 heteroatoms. The molecule has 1 rings (SSSR count). The summed E-state index contributed by atoms with van der Waals surface area (Å²) in [6.45, 7) is 9.09. The van der Waals surface area contributed by atoms with Gasteiger partial charge in [-0.2, -0.15) is 0 Å². The van der Waals surface area contributed by atoms with Gasteiger partial charge in [-0.05, 0) is 30.6 Å². The number of aliphatic hydroxyl groups is 1. The summed E-state index contributed by atoms with van der Waals surface area (Å²) >= 11 is 0. The summed E-state index contributed by atoms with van der Waals surface area (Å²) in [5.41, 5.74) is 1.79. The molecule has 0 saturated heterocycles. The Labute approximate surface area is 87.5 Å². The van der Waals surface area contributed by atoms with Crippen molar-refractivity contribution >= 4 is 0 Å². The topological polar surface area (TPSA) is 20.2 Å². The highest BCUT2D eigenvalue weighted by Crippen LogP contribution is 2.43. The molecule has 1 aliphatic rings. The minimum absolute atomic E-state index is 0.246. The van der Waals surface area contributed by atoms with Crippen LogP contribution in [0.2, 0.25) is 0 Å². The van der Waals surface area contributed by atoms with Gasteiger partial charge >= 0.3 is 0 Å². The molecule has 0 fully saturated rings. The van der Waals surface area contributed by atoms with Crippen LogP contribution in [0.3, 0.4) is 0 Å². The van der Waals surface area contributed by atoms with Crippen molar-refractivity contribution in [2.24, 2.45) is 17.3 Å². The van der Waals surface area contributed by atoms with Crippen molar-refractivity contribution in [3.8, 4) is 0 Å². The van der Waals surface area contributed by atoms with Crippen LogP contribution in [0.15, 0.2) is 23.8 Å². The summed E-state index contributed by atoms with van der Waals surface area (Å²) in [5, 5.41) is 8.93. The lowest BCUT2D eigenvalue weighted by atomic mass is 9.77. The third-order valence-corrected chi connectivity index (χ3v) is 3.58. The maximum Gasteiger partial charge on any atom is 0.0491 e. The van der Waals surface area contributed by atoms with E-state index in [0.29, 0.717) is 11.3 Å². The van der Waals surface area contributed by atoms with Crippen molar-refractivity contribution in [1.29, 1.82) is 0 Å². The molecule has 2 unspecified atom stereocenters. The largest absolute Gasteiger partial charge is 0.396 e. The van der Waals surface area contributed by atoms with Crippen LogP contribution in [0.4, 0.5) is 0 Å². The van der Waals surface area contributed by atoms with E-state index in [-0.39, 0.29) is 12.5 Å². The molecule has 14 heavy (non-hydrogen) atoms. The van der Waals surface area contributed by atoms with Gasteiger partial charge in [0.2, 0.25) is 0 Å². The Kier molecular flexibility index (Phi) is 3.54. The Bertz CT molecular complexity index is 248. The van der Waals surface area contributed by atoms with Crippen LogP contribution in [-0.2, 0) is 0 Å². The Morgan fingerprint density at radius 1 is 1.64 bits per heavy atom. The Morgan fingerprint density at radius 3 is 2.71 bits per heavy atom. The minimum Gasteiger partial charge on any atom is -0.396 e. The Morgan fingerprint density at radius 2 is 2.29 bits per heavy atom. The summed E-state index contributed by atoms with van der Waals surface area (Å²) in [5.74, 6) is 0.892. The van der Waals surface area contributed by atoms with E-state index in [1.54, 1.807) is 0 Å². The van der Waals surface area contributed by atoms with Crippen LogP contribution >= 0.6 is 0 Å². The summed E-state index contributed by atoms with van der Waals surface area (Å²) in [4.78, 5) is 0. The van der Waals surface area contributed by atoms with Crippen LogP contribution in [0.25, 0.3) is 0 Å². The predicted molar refractivity (Wildman–Crippen MR) is 61.0 cm³/mol. The smallest absolute Gasteiger partial charge is 0.0491 e. The molecule has 0 aromatic carbocycles. The van der Waals surface area contributed by atoms with Gasteiger partial charge in [-0.3, -0.25) is 0 Å². The van der Waals surface area contributed by atoms with Crippen LogP contribution in [0.5, 0.6) is 0 Å². The van der Waals surface area contributed by atoms with Gasteiger partial charge in [0.1, 0.15) is 0 Å². The van der Waals surface area contributed by atoms with Crippen LogP contribution in [0, 0.1) is 17.3 Å². The van der Waals surface area contributed by atoms with Gasteiger partial charge in [-0.1, -0.05) is 44.6 Å². The maximum absolute atomic E-state index is 8.93. The van der Waals surface area contributed by atoms with Crippen molar-refractivity contribution in [2.45, 2.75) is 34.1 Å². The second-order valence-corrected chi connectivity index (χ2v) is 5.00. The lowest BCUT2D eigenvalue weighted by Crippen LogP contribution is -2.18. The summed E-state index contributed by atoms with van der Waals surface area (Å²) in [6.07, 6.45) is 7.89. The SMILES string of the molecule is CC1=CCC(C=CC(C)CO)C1(C)C. The van der Waals surface area contributed by atoms with E-state index in [0.717, 1.165) is 6.42 Å². The average Bonchev–Trinajstić information content (AvgIpc) is 2.39.